The second-order valence-corrected chi connectivity index (χ2v) is 6.46. The Balaban J connectivity index is 1.84. The van der Waals surface area contributed by atoms with Crippen LogP contribution in [-0.4, -0.2) is 47.9 Å². The Labute approximate surface area is 125 Å². The number of hydrogen-bond acceptors (Lipinski definition) is 4. The molecule has 0 radical (unpaired) electrons. The Bertz CT molecular complexity index is 407. The zero-order valence-electron chi connectivity index (χ0n) is 12.3. The van der Waals surface area contributed by atoms with Gasteiger partial charge in [-0.05, 0) is 24.3 Å². The lowest BCUT2D eigenvalue weighted by Crippen LogP contribution is -2.45. The van der Waals surface area contributed by atoms with E-state index in [2.05, 4.69) is 29.3 Å². The molecule has 0 aromatic carbocycles. The van der Waals surface area contributed by atoms with Crippen molar-refractivity contribution in [3.63, 3.8) is 0 Å². The summed E-state index contributed by atoms with van der Waals surface area (Å²) in [4.78, 5) is 18.0. The van der Waals surface area contributed by atoms with Crippen LogP contribution in [0.1, 0.15) is 31.1 Å². The fraction of sp³-hybridized carbons (Fsp3) is 0.667. The first kappa shape index (κ1) is 15.5. The number of carbonyl (C=O) groups excluding carboxylic acids is 1. The molecule has 112 valence electrons. The highest BCUT2D eigenvalue weighted by molar-refractivity contribution is 7.09. The lowest BCUT2D eigenvalue weighted by Gasteiger charge is -2.24. The van der Waals surface area contributed by atoms with Crippen molar-refractivity contribution in [2.45, 2.75) is 38.8 Å². The van der Waals surface area contributed by atoms with Gasteiger partial charge in [-0.25, -0.2) is 0 Å². The molecule has 1 fully saturated rings. The largest absolute Gasteiger partial charge is 0.340 e. The second-order valence-electron chi connectivity index (χ2n) is 5.43. The molecular formula is C15H25N3OS. The maximum atomic E-state index is 12.2. The molecule has 4 nitrogen and oxygen atoms in total. The number of rotatable bonds is 5. The van der Waals surface area contributed by atoms with Crippen molar-refractivity contribution >= 4 is 17.2 Å². The molecule has 0 spiro atoms. The van der Waals surface area contributed by atoms with Crippen LogP contribution in [0.5, 0.6) is 0 Å². The summed E-state index contributed by atoms with van der Waals surface area (Å²) in [5, 5.41) is 2.12. The van der Waals surface area contributed by atoms with Gasteiger partial charge in [-0.3, -0.25) is 9.69 Å². The fourth-order valence-corrected chi connectivity index (χ4v) is 3.39. The van der Waals surface area contributed by atoms with Gasteiger partial charge in [-0.15, -0.1) is 11.3 Å². The molecule has 5 heteroatoms. The van der Waals surface area contributed by atoms with Gasteiger partial charge in [-0.2, -0.15) is 0 Å². The Hall–Kier alpha value is -0.910. The smallest absolute Gasteiger partial charge is 0.239 e. The van der Waals surface area contributed by atoms with Crippen LogP contribution in [0.15, 0.2) is 17.5 Å². The predicted octanol–water partition coefficient (Wildman–Crippen LogP) is 1.91. The Morgan fingerprint density at radius 2 is 2.25 bits per heavy atom. The molecule has 1 unspecified atom stereocenters. The summed E-state index contributed by atoms with van der Waals surface area (Å²) in [6.07, 6.45) is 2.79. The first-order valence-electron chi connectivity index (χ1n) is 7.49. The van der Waals surface area contributed by atoms with E-state index in [1.54, 1.807) is 11.3 Å². The van der Waals surface area contributed by atoms with E-state index in [0.717, 1.165) is 52.0 Å². The third-order valence-electron chi connectivity index (χ3n) is 3.78. The zero-order valence-corrected chi connectivity index (χ0v) is 13.1. The zero-order chi connectivity index (χ0) is 14.4. The van der Waals surface area contributed by atoms with Gasteiger partial charge < -0.3 is 10.6 Å². The van der Waals surface area contributed by atoms with Gasteiger partial charge in [0.2, 0.25) is 5.91 Å². The minimum atomic E-state index is -0.316. The second kappa shape index (κ2) is 7.76. The first-order chi connectivity index (χ1) is 9.70. The molecule has 1 aromatic heterocycles. The van der Waals surface area contributed by atoms with Gasteiger partial charge in [0.1, 0.15) is 0 Å². The fourth-order valence-electron chi connectivity index (χ4n) is 2.64. The highest BCUT2D eigenvalue weighted by atomic mass is 32.1. The van der Waals surface area contributed by atoms with Crippen LogP contribution in [0.25, 0.3) is 0 Å². The van der Waals surface area contributed by atoms with Crippen LogP contribution in [0.2, 0.25) is 0 Å². The molecule has 0 bridgehead atoms. The lowest BCUT2D eigenvalue weighted by atomic mass is 10.1. The maximum Gasteiger partial charge on any atom is 0.239 e. The molecule has 2 N–H and O–H groups in total. The molecule has 0 saturated carbocycles. The SMILES string of the molecule is CCCC(N)C(=O)N1CCCN(Cc2cccs2)CC1. The van der Waals surface area contributed by atoms with Crippen LogP contribution in [0.4, 0.5) is 0 Å². The standard InChI is InChI=1S/C15H25N3OS/c1-2-5-14(16)15(19)18-8-4-7-17(9-10-18)12-13-6-3-11-20-13/h3,6,11,14H,2,4-5,7-10,12,16H2,1H3. The molecule has 1 amide bonds. The van der Waals surface area contributed by atoms with Crippen LogP contribution < -0.4 is 5.73 Å². The predicted molar refractivity (Wildman–Crippen MR) is 83.7 cm³/mol. The van der Waals surface area contributed by atoms with Gasteiger partial charge in [0.05, 0.1) is 6.04 Å². The van der Waals surface area contributed by atoms with E-state index in [1.165, 1.54) is 4.88 Å². The summed E-state index contributed by atoms with van der Waals surface area (Å²) in [5.41, 5.74) is 5.95. The van der Waals surface area contributed by atoms with Crippen molar-refractivity contribution in [3.8, 4) is 0 Å². The average Bonchev–Trinajstić information content (AvgIpc) is 2.83. The summed E-state index contributed by atoms with van der Waals surface area (Å²) >= 11 is 1.80. The van der Waals surface area contributed by atoms with Crippen LogP contribution in [0.3, 0.4) is 0 Å². The molecule has 1 aromatic rings. The van der Waals surface area contributed by atoms with Crippen molar-refractivity contribution in [1.29, 1.82) is 0 Å². The van der Waals surface area contributed by atoms with Gasteiger partial charge >= 0.3 is 0 Å². The molecule has 1 aliphatic rings. The molecule has 1 atom stereocenters. The van der Waals surface area contributed by atoms with E-state index >= 15 is 0 Å². The van der Waals surface area contributed by atoms with Crippen LogP contribution >= 0.6 is 11.3 Å². The van der Waals surface area contributed by atoms with E-state index in [-0.39, 0.29) is 11.9 Å². The highest BCUT2D eigenvalue weighted by Crippen LogP contribution is 2.14. The van der Waals surface area contributed by atoms with Crippen LogP contribution in [0, 0.1) is 0 Å². The minimum Gasteiger partial charge on any atom is -0.340 e. The van der Waals surface area contributed by atoms with Crippen molar-refractivity contribution < 1.29 is 4.79 Å². The van der Waals surface area contributed by atoms with E-state index in [4.69, 9.17) is 5.73 Å². The first-order valence-corrected chi connectivity index (χ1v) is 8.37. The number of nitrogens with two attached hydrogens (primary N) is 1. The third-order valence-corrected chi connectivity index (χ3v) is 4.64. The van der Waals surface area contributed by atoms with Gasteiger partial charge in [-0.1, -0.05) is 19.4 Å². The van der Waals surface area contributed by atoms with Crippen molar-refractivity contribution in [2.75, 3.05) is 26.2 Å². The molecular weight excluding hydrogens is 270 g/mol. The molecule has 1 aliphatic heterocycles. The molecule has 1 saturated heterocycles. The Kier molecular flexibility index (Phi) is 6.01. The molecule has 2 heterocycles. The number of thiophene rings is 1. The summed E-state index contributed by atoms with van der Waals surface area (Å²) in [6.45, 7) is 6.73. The molecule has 20 heavy (non-hydrogen) atoms. The van der Waals surface area contributed by atoms with E-state index in [1.807, 2.05) is 4.90 Å². The monoisotopic (exact) mass is 295 g/mol. The maximum absolute atomic E-state index is 12.2. The summed E-state index contributed by atoms with van der Waals surface area (Å²) in [6, 6.07) is 3.96. The molecule has 0 aliphatic carbocycles. The van der Waals surface area contributed by atoms with Gasteiger partial charge in [0.25, 0.3) is 0 Å². The Morgan fingerprint density at radius 1 is 1.40 bits per heavy atom. The quantitative estimate of drug-likeness (QED) is 0.903. The normalized spacial score (nSPS) is 18.8. The minimum absolute atomic E-state index is 0.129. The summed E-state index contributed by atoms with van der Waals surface area (Å²) < 4.78 is 0. The third kappa shape index (κ3) is 4.30. The topological polar surface area (TPSA) is 49.6 Å². The number of carbonyl (C=O) groups is 1. The highest BCUT2D eigenvalue weighted by Gasteiger charge is 2.23. The molecule has 2 rings (SSSR count). The van der Waals surface area contributed by atoms with Crippen molar-refractivity contribution in [3.05, 3.63) is 22.4 Å². The van der Waals surface area contributed by atoms with E-state index in [0.29, 0.717) is 0 Å². The number of amides is 1. The Morgan fingerprint density at radius 3 is 2.95 bits per heavy atom. The van der Waals surface area contributed by atoms with Gasteiger partial charge in [0, 0.05) is 37.6 Å². The van der Waals surface area contributed by atoms with Crippen molar-refractivity contribution in [2.24, 2.45) is 5.73 Å². The lowest BCUT2D eigenvalue weighted by molar-refractivity contribution is -0.132. The summed E-state index contributed by atoms with van der Waals surface area (Å²) in [5.74, 6) is 0.129. The number of nitrogens with zero attached hydrogens (tertiary/aromatic N) is 2. The average molecular weight is 295 g/mol. The van der Waals surface area contributed by atoms with E-state index in [9.17, 15) is 4.79 Å². The van der Waals surface area contributed by atoms with Crippen molar-refractivity contribution in [1.82, 2.24) is 9.80 Å². The number of hydrogen-bond donors (Lipinski definition) is 1. The van der Waals surface area contributed by atoms with Gasteiger partial charge in [0.15, 0.2) is 0 Å². The summed E-state index contributed by atoms with van der Waals surface area (Å²) in [7, 11) is 0. The van der Waals surface area contributed by atoms with Crippen LogP contribution in [-0.2, 0) is 11.3 Å². The van der Waals surface area contributed by atoms with E-state index < -0.39 is 0 Å².